The molecule has 5 aromatic carbocycles. The van der Waals surface area contributed by atoms with Gasteiger partial charge in [0.05, 0.1) is 11.0 Å². The molecule has 334 valence electrons. The fourth-order valence-electron chi connectivity index (χ4n) is 12.2. The number of benzene rings is 5. The summed E-state index contributed by atoms with van der Waals surface area (Å²) in [6.07, 6.45) is 0.516. The lowest BCUT2D eigenvalue weighted by Gasteiger charge is -2.44. The zero-order valence-corrected chi connectivity index (χ0v) is 41.8. The first-order valence-corrected chi connectivity index (χ1v) is 23.5. The molecule has 0 amide bonds. The largest absolute Gasteiger partial charge is 0.464 e. The third-order valence-electron chi connectivity index (χ3n) is 15.3. The first-order chi connectivity index (χ1) is 31.1. The van der Waals surface area contributed by atoms with E-state index in [9.17, 15) is 2.74 Å². The maximum absolute atomic E-state index is 9.61. The highest BCUT2D eigenvalue weighted by Crippen LogP contribution is 2.55. The zero-order chi connectivity index (χ0) is 48.5. The van der Waals surface area contributed by atoms with Crippen molar-refractivity contribution >= 4 is 27.7 Å². The van der Waals surface area contributed by atoms with Crippen LogP contribution in [0.4, 0.5) is 0 Å². The molecule has 65 heavy (non-hydrogen) atoms. The van der Waals surface area contributed by atoms with Gasteiger partial charge in [0.2, 0.25) is 5.90 Å². The van der Waals surface area contributed by atoms with E-state index in [1.165, 1.54) is 60.8 Å². The molecule has 5 nitrogen and oxygen atoms in total. The Balaban J connectivity index is 1.17. The molecular weight excluding hydrogens is 795 g/mol. The second-order valence-electron chi connectivity index (χ2n) is 22.8. The van der Waals surface area contributed by atoms with Crippen molar-refractivity contribution in [3.63, 3.8) is 0 Å². The van der Waals surface area contributed by atoms with Crippen molar-refractivity contribution in [2.45, 2.75) is 158 Å². The minimum absolute atomic E-state index is 0.0447. The number of ether oxygens (including phenoxy) is 2. The van der Waals surface area contributed by atoms with Crippen molar-refractivity contribution in [1.29, 1.82) is 0 Å². The summed E-state index contributed by atoms with van der Waals surface area (Å²) in [5.74, 6) is 2.89. The molecule has 4 heterocycles. The predicted octanol–water partition coefficient (Wildman–Crippen LogP) is 15.4. The Morgan fingerprint density at radius 3 is 2.08 bits per heavy atom. The summed E-state index contributed by atoms with van der Waals surface area (Å²) in [7, 11) is 0. The van der Waals surface area contributed by atoms with Crippen molar-refractivity contribution in [1.82, 2.24) is 9.55 Å². The molecule has 10 rings (SSSR count). The molecule has 0 unspecified atom stereocenters. The summed E-state index contributed by atoms with van der Waals surface area (Å²) >= 11 is 0. The van der Waals surface area contributed by atoms with Crippen LogP contribution in [0.3, 0.4) is 0 Å². The van der Waals surface area contributed by atoms with Gasteiger partial charge in [0.1, 0.15) is 22.9 Å². The summed E-state index contributed by atoms with van der Waals surface area (Å²) in [4.78, 5) is 10.5. The Bertz CT molecular complexity index is 3330. The first kappa shape index (κ1) is 40.8. The molecule has 2 aliphatic heterocycles. The van der Waals surface area contributed by atoms with E-state index >= 15 is 0 Å². The van der Waals surface area contributed by atoms with Gasteiger partial charge in [-0.25, -0.2) is 9.98 Å². The van der Waals surface area contributed by atoms with Gasteiger partial charge in [0.15, 0.2) is 5.60 Å². The fourth-order valence-corrected chi connectivity index (χ4v) is 12.2. The second-order valence-corrected chi connectivity index (χ2v) is 22.8. The monoisotopic (exact) mass is 864 g/mol. The Hall–Kier alpha value is -5.68. The fraction of sp³-hybridized carbons (Fsp3) is 0.400. The summed E-state index contributed by atoms with van der Waals surface area (Å²) in [5.41, 5.74) is 17.6. The number of nitrogens with zero attached hydrogens (tertiary/aromatic N) is 3. The lowest BCUT2D eigenvalue weighted by Crippen LogP contribution is -2.48. The molecule has 0 bridgehead atoms. The van der Waals surface area contributed by atoms with Gasteiger partial charge >= 0.3 is 0 Å². The third kappa shape index (κ3) is 6.30. The SMILES string of the molecule is [2H]C1([2H])C[C@@]2(C)N=C(c3cc(Oc4cc5c(cc4C)c4cc(C(C)(C)C)cc6c4n5-c4nccc(C)c4C6(C)C)cc(-c4c(C)cc(C)cc4C)c3)O[C@@]2(C)c2cc(C)c(C(C)(C)C)c(C)c21. The molecule has 0 saturated heterocycles. The van der Waals surface area contributed by atoms with E-state index in [0.717, 1.165) is 61.6 Å². The molecule has 0 N–H and O–H groups in total. The standard InChI is InChI=1S/C60H67N3O2/c1-32-22-35(4)50(36(5)23-32)39-26-40(55-62-59(16)20-18-43-38(7)51(57(11,12)13)37(6)25-46(43)60(59,17)65-55)28-42(27-39)64-49-31-48-44(24-34(49)3)45-29-41(56(8,9)10)30-47-53(45)63(48)54-52(58(47,14)15)33(2)19-21-61-54/h19,21-31H,18,20H2,1-17H3/t59-,60+/m1/s1/i18D2. The third-order valence-corrected chi connectivity index (χ3v) is 15.3. The molecule has 0 saturated carbocycles. The molecule has 1 aliphatic carbocycles. The normalized spacial score (nSPS) is 21.0. The van der Waals surface area contributed by atoms with Crippen LogP contribution < -0.4 is 4.74 Å². The minimum Gasteiger partial charge on any atom is -0.464 e. The quantitative estimate of drug-likeness (QED) is 0.177. The molecule has 2 aromatic heterocycles. The smallest absolute Gasteiger partial charge is 0.217 e. The van der Waals surface area contributed by atoms with E-state index in [0.29, 0.717) is 11.6 Å². The van der Waals surface area contributed by atoms with E-state index < -0.39 is 17.5 Å². The highest BCUT2D eigenvalue weighted by molar-refractivity contribution is 6.12. The number of fused-ring (bicyclic) bond motifs is 8. The van der Waals surface area contributed by atoms with Crippen molar-refractivity contribution in [2.75, 3.05) is 0 Å². The topological polar surface area (TPSA) is 48.6 Å². The van der Waals surface area contributed by atoms with Gasteiger partial charge in [-0.2, -0.15) is 0 Å². The molecule has 0 fully saturated rings. The number of hydrogen-bond donors (Lipinski definition) is 0. The van der Waals surface area contributed by atoms with Crippen LogP contribution >= 0.6 is 0 Å². The predicted molar refractivity (Wildman–Crippen MR) is 271 cm³/mol. The van der Waals surface area contributed by atoms with E-state index in [1.54, 1.807) is 0 Å². The van der Waals surface area contributed by atoms with E-state index in [1.807, 2.05) is 6.20 Å². The van der Waals surface area contributed by atoms with Gasteiger partial charge in [-0.05, 0) is 189 Å². The molecule has 3 aliphatic rings. The van der Waals surface area contributed by atoms with Gasteiger partial charge in [0, 0.05) is 47.9 Å². The second kappa shape index (κ2) is 13.9. The van der Waals surface area contributed by atoms with E-state index in [-0.39, 0.29) is 22.7 Å². The average Bonchev–Trinajstić information content (AvgIpc) is 3.65. The van der Waals surface area contributed by atoms with Gasteiger partial charge in [-0.1, -0.05) is 85.2 Å². The van der Waals surface area contributed by atoms with Crippen molar-refractivity contribution < 1.29 is 12.2 Å². The maximum Gasteiger partial charge on any atom is 0.217 e. The molecule has 7 aromatic rings. The van der Waals surface area contributed by atoms with Crippen molar-refractivity contribution in [3.8, 4) is 28.4 Å². The van der Waals surface area contributed by atoms with Gasteiger partial charge in [0.25, 0.3) is 0 Å². The minimum atomic E-state index is -1.62. The van der Waals surface area contributed by atoms with Crippen LogP contribution in [-0.2, 0) is 33.0 Å². The summed E-state index contributed by atoms with van der Waals surface area (Å²) in [6.45, 7) is 37.5. The Kier molecular flexibility index (Phi) is 8.74. The number of rotatable bonds is 4. The number of aliphatic imine (C=N–C) groups is 1. The summed E-state index contributed by atoms with van der Waals surface area (Å²) in [6, 6.07) is 24.5. The highest BCUT2D eigenvalue weighted by Gasteiger charge is 2.57. The molecule has 2 atom stereocenters. The molecular formula is C60H67N3O2. The number of hydrogen-bond acceptors (Lipinski definition) is 4. The van der Waals surface area contributed by atoms with Crippen LogP contribution in [0.25, 0.3) is 38.8 Å². The maximum atomic E-state index is 9.61. The van der Waals surface area contributed by atoms with Crippen molar-refractivity contribution in [2.24, 2.45) is 4.99 Å². The number of aryl methyl sites for hydroxylation is 6. The van der Waals surface area contributed by atoms with Crippen LogP contribution in [0, 0.1) is 48.5 Å². The summed E-state index contributed by atoms with van der Waals surface area (Å²) < 4.78 is 36.0. The number of pyridine rings is 1. The highest BCUT2D eigenvalue weighted by atomic mass is 16.5. The molecule has 5 heteroatoms. The number of aromatic nitrogens is 2. The zero-order valence-electron chi connectivity index (χ0n) is 43.8. The Labute approximate surface area is 390 Å². The van der Waals surface area contributed by atoms with Crippen LogP contribution in [0.2, 0.25) is 0 Å². The average molecular weight is 864 g/mol. The van der Waals surface area contributed by atoms with E-state index in [2.05, 4.69) is 189 Å². The van der Waals surface area contributed by atoms with Crippen molar-refractivity contribution in [3.05, 3.63) is 151 Å². The van der Waals surface area contributed by atoms with E-state index in [4.69, 9.17) is 19.5 Å². The van der Waals surface area contributed by atoms with Crippen LogP contribution in [0.1, 0.15) is 156 Å². The van der Waals surface area contributed by atoms with Crippen LogP contribution in [0.5, 0.6) is 11.5 Å². The molecule has 0 spiro atoms. The lowest BCUT2D eigenvalue weighted by molar-refractivity contribution is 0.0178. The van der Waals surface area contributed by atoms with Crippen LogP contribution in [0.15, 0.2) is 77.9 Å². The lowest BCUT2D eigenvalue weighted by atomic mass is 9.65. The Morgan fingerprint density at radius 1 is 0.708 bits per heavy atom. The van der Waals surface area contributed by atoms with Gasteiger partial charge < -0.3 is 9.47 Å². The summed E-state index contributed by atoms with van der Waals surface area (Å²) in [5, 5.41) is 2.41. The van der Waals surface area contributed by atoms with Crippen LogP contribution in [-0.4, -0.2) is 21.0 Å². The Morgan fingerprint density at radius 2 is 1.40 bits per heavy atom. The van der Waals surface area contributed by atoms with Gasteiger partial charge in [-0.3, -0.25) is 4.57 Å². The first-order valence-electron chi connectivity index (χ1n) is 24.5. The molecule has 0 radical (unpaired) electrons. The van der Waals surface area contributed by atoms with Gasteiger partial charge in [-0.15, -0.1) is 0 Å².